The SMILES string of the molecule is CC[C@H](C)[C@H](NC(=O)[C@H](Cc1ccccc1)NC(=O)CNC(=O)[C@@H](C)NC(=O)[C@@H](N)Cc1ccc(O)cc1)C(=O)N[C@@H](CC(=O)O)C(=O)O. The van der Waals surface area contributed by atoms with Gasteiger partial charge in [0.2, 0.25) is 29.5 Å². The van der Waals surface area contributed by atoms with Gasteiger partial charge >= 0.3 is 11.9 Å². The number of carboxylic acid groups (broad SMARTS) is 2. The highest BCUT2D eigenvalue weighted by atomic mass is 16.4. The van der Waals surface area contributed by atoms with Crippen molar-refractivity contribution in [3.63, 3.8) is 0 Å². The number of aromatic hydroxyl groups is 1. The minimum atomic E-state index is -1.74. The molecule has 10 N–H and O–H groups in total. The highest BCUT2D eigenvalue weighted by molar-refractivity contribution is 5.95. The molecule has 0 radical (unpaired) electrons. The lowest BCUT2D eigenvalue weighted by Gasteiger charge is -2.27. The van der Waals surface area contributed by atoms with Gasteiger partial charge in [0, 0.05) is 6.42 Å². The van der Waals surface area contributed by atoms with Crippen LogP contribution in [0.5, 0.6) is 5.75 Å². The van der Waals surface area contributed by atoms with E-state index < -0.39 is 90.6 Å². The number of carbonyl (C=O) groups is 7. The topological polar surface area (TPSA) is 266 Å². The van der Waals surface area contributed by atoms with E-state index in [9.17, 15) is 43.8 Å². The molecule has 0 aliphatic rings. The second kappa shape index (κ2) is 19.3. The van der Waals surface area contributed by atoms with E-state index in [0.29, 0.717) is 17.5 Å². The molecule has 0 heterocycles. The third kappa shape index (κ3) is 13.6. The van der Waals surface area contributed by atoms with E-state index in [0.717, 1.165) is 0 Å². The van der Waals surface area contributed by atoms with E-state index in [4.69, 9.17) is 10.8 Å². The first-order chi connectivity index (χ1) is 23.1. The molecular weight excluding hydrogens is 640 g/mol. The lowest BCUT2D eigenvalue weighted by Crippen LogP contribution is -2.59. The minimum Gasteiger partial charge on any atom is -0.508 e. The number of nitrogens with one attached hydrogen (secondary N) is 5. The summed E-state index contributed by atoms with van der Waals surface area (Å²) in [5.41, 5.74) is 7.31. The van der Waals surface area contributed by atoms with Gasteiger partial charge in [0.15, 0.2) is 0 Å². The minimum absolute atomic E-state index is 0.0106. The summed E-state index contributed by atoms with van der Waals surface area (Å²) in [4.78, 5) is 87.3. The van der Waals surface area contributed by atoms with Gasteiger partial charge in [0.05, 0.1) is 19.0 Å². The molecule has 0 aliphatic carbocycles. The van der Waals surface area contributed by atoms with Gasteiger partial charge in [0.25, 0.3) is 0 Å². The Balaban J connectivity index is 2.07. The molecule has 266 valence electrons. The summed E-state index contributed by atoms with van der Waals surface area (Å²) >= 11 is 0. The van der Waals surface area contributed by atoms with Crippen LogP contribution in [0.4, 0.5) is 0 Å². The number of carbonyl (C=O) groups excluding carboxylic acids is 5. The maximum absolute atomic E-state index is 13.5. The van der Waals surface area contributed by atoms with Crippen LogP contribution in [0.25, 0.3) is 0 Å². The summed E-state index contributed by atoms with van der Waals surface area (Å²) < 4.78 is 0. The Hall–Kier alpha value is -5.51. The van der Waals surface area contributed by atoms with Crippen LogP contribution in [-0.4, -0.2) is 93.5 Å². The largest absolute Gasteiger partial charge is 0.508 e. The van der Waals surface area contributed by atoms with E-state index in [1.807, 2.05) is 0 Å². The fourth-order valence-corrected chi connectivity index (χ4v) is 4.58. The average molecular weight is 685 g/mol. The van der Waals surface area contributed by atoms with Crippen molar-refractivity contribution < 1.29 is 48.9 Å². The van der Waals surface area contributed by atoms with Gasteiger partial charge in [-0.25, -0.2) is 4.79 Å². The summed E-state index contributed by atoms with van der Waals surface area (Å²) in [6.45, 7) is 4.21. The monoisotopic (exact) mass is 684 g/mol. The first kappa shape index (κ1) is 39.7. The van der Waals surface area contributed by atoms with Crippen LogP contribution in [0.15, 0.2) is 54.6 Å². The zero-order chi connectivity index (χ0) is 36.7. The molecule has 0 saturated carbocycles. The molecule has 6 atom stereocenters. The predicted octanol–water partition coefficient (Wildman–Crippen LogP) is -0.815. The standard InChI is InChI=1S/C33H44N6O10/c1-4-18(2)28(32(47)38-25(33(48)49)16-27(42)43)39-31(46)24(15-20-8-6-5-7-9-20)37-26(41)17-35-29(44)19(3)36-30(45)23(34)14-21-10-12-22(40)13-11-21/h5-13,18-19,23-25,28,40H,4,14-17,34H2,1-3H3,(H,35,44)(H,36,45)(H,37,41)(H,38,47)(H,39,46)(H,42,43)(H,48,49)/t18-,19+,23-,24-,25-,28-/m0/s1. The number of phenolic OH excluding ortho intramolecular Hbond substituents is 1. The molecule has 2 aromatic rings. The molecule has 0 fully saturated rings. The second-order valence-electron chi connectivity index (χ2n) is 11.6. The van der Waals surface area contributed by atoms with E-state index >= 15 is 0 Å². The van der Waals surface area contributed by atoms with Gasteiger partial charge in [-0.15, -0.1) is 0 Å². The normalized spacial score (nSPS) is 14.4. The molecular formula is C33H44N6O10. The third-order valence-corrected chi connectivity index (χ3v) is 7.62. The summed E-state index contributed by atoms with van der Waals surface area (Å²) in [7, 11) is 0. The highest BCUT2D eigenvalue weighted by Crippen LogP contribution is 2.12. The second-order valence-corrected chi connectivity index (χ2v) is 11.6. The molecule has 0 aromatic heterocycles. The summed E-state index contributed by atoms with van der Waals surface area (Å²) in [6.07, 6.45) is -0.359. The van der Waals surface area contributed by atoms with Gasteiger partial charge < -0.3 is 47.6 Å². The van der Waals surface area contributed by atoms with Gasteiger partial charge in [-0.1, -0.05) is 62.7 Å². The Morgan fingerprint density at radius 2 is 1.33 bits per heavy atom. The molecule has 5 amide bonds. The van der Waals surface area contributed by atoms with Crippen molar-refractivity contribution in [3.05, 3.63) is 65.7 Å². The first-order valence-corrected chi connectivity index (χ1v) is 15.6. The van der Waals surface area contributed by atoms with Gasteiger partial charge in [-0.2, -0.15) is 0 Å². The summed E-state index contributed by atoms with van der Waals surface area (Å²) in [6, 6.07) is 8.46. The predicted molar refractivity (Wildman–Crippen MR) is 176 cm³/mol. The average Bonchev–Trinajstić information content (AvgIpc) is 3.06. The van der Waals surface area contributed by atoms with E-state index in [-0.39, 0.29) is 18.6 Å². The van der Waals surface area contributed by atoms with Crippen LogP contribution < -0.4 is 32.3 Å². The van der Waals surface area contributed by atoms with Gasteiger partial charge in [-0.3, -0.25) is 28.8 Å². The van der Waals surface area contributed by atoms with Crippen molar-refractivity contribution in [3.8, 4) is 5.75 Å². The lowest BCUT2D eigenvalue weighted by molar-refractivity contribution is -0.147. The van der Waals surface area contributed by atoms with Crippen molar-refractivity contribution in [2.24, 2.45) is 11.7 Å². The number of benzene rings is 2. The van der Waals surface area contributed by atoms with Crippen molar-refractivity contribution in [2.75, 3.05) is 6.54 Å². The maximum Gasteiger partial charge on any atom is 0.326 e. The molecule has 0 unspecified atom stereocenters. The Morgan fingerprint density at radius 3 is 1.90 bits per heavy atom. The smallest absolute Gasteiger partial charge is 0.326 e. The number of amides is 5. The first-order valence-electron chi connectivity index (χ1n) is 15.6. The molecule has 0 spiro atoms. The fourth-order valence-electron chi connectivity index (χ4n) is 4.58. The van der Waals surface area contributed by atoms with Gasteiger partial charge in [0.1, 0.15) is 29.9 Å². The van der Waals surface area contributed by atoms with Crippen molar-refractivity contribution >= 4 is 41.5 Å². The molecule has 0 saturated heterocycles. The van der Waals surface area contributed by atoms with Crippen LogP contribution >= 0.6 is 0 Å². The number of carboxylic acids is 2. The van der Waals surface area contributed by atoms with Crippen LogP contribution in [-0.2, 0) is 46.4 Å². The molecule has 0 bridgehead atoms. The third-order valence-electron chi connectivity index (χ3n) is 7.62. The van der Waals surface area contributed by atoms with Crippen molar-refractivity contribution in [1.29, 1.82) is 0 Å². The molecule has 16 heteroatoms. The maximum atomic E-state index is 13.5. The number of hydrogen-bond donors (Lipinski definition) is 9. The van der Waals surface area contributed by atoms with Crippen molar-refractivity contribution in [2.45, 2.75) is 76.7 Å². The number of hydrogen-bond acceptors (Lipinski definition) is 9. The van der Waals surface area contributed by atoms with Crippen LogP contribution in [0.2, 0.25) is 0 Å². The molecule has 16 nitrogen and oxygen atoms in total. The van der Waals surface area contributed by atoms with E-state index in [1.54, 1.807) is 56.3 Å². The van der Waals surface area contributed by atoms with Crippen LogP contribution in [0, 0.1) is 5.92 Å². The highest BCUT2D eigenvalue weighted by Gasteiger charge is 2.33. The Morgan fingerprint density at radius 1 is 0.714 bits per heavy atom. The Bertz CT molecular complexity index is 1470. The lowest BCUT2D eigenvalue weighted by atomic mass is 9.96. The molecule has 0 aliphatic heterocycles. The molecule has 49 heavy (non-hydrogen) atoms. The quantitative estimate of drug-likeness (QED) is 0.0883. The van der Waals surface area contributed by atoms with Crippen LogP contribution in [0.1, 0.15) is 44.7 Å². The number of phenols is 1. The number of aliphatic carboxylic acids is 2. The van der Waals surface area contributed by atoms with E-state index in [1.165, 1.54) is 19.1 Å². The zero-order valence-corrected chi connectivity index (χ0v) is 27.5. The molecule has 2 aromatic carbocycles. The zero-order valence-electron chi connectivity index (χ0n) is 27.5. The molecule has 2 rings (SSSR count). The summed E-state index contributed by atoms with van der Waals surface area (Å²) in [5.74, 6) is -7.22. The fraction of sp³-hybridized carbons (Fsp3) is 0.424. The Kier molecular flexibility index (Phi) is 15.7. The van der Waals surface area contributed by atoms with Crippen molar-refractivity contribution in [1.82, 2.24) is 26.6 Å². The number of rotatable bonds is 19. The summed E-state index contributed by atoms with van der Waals surface area (Å²) in [5, 5.41) is 39.9. The van der Waals surface area contributed by atoms with E-state index in [2.05, 4.69) is 26.6 Å². The Labute approximate surface area is 283 Å². The van der Waals surface area contributed by atoms with Gasteiger partial charge in [-0.05, 0) is 42.5 Å². The van der Waals surface area contributed by atoms with Crippen LogP contribution in [0.3, 0.4) is 0 Å². The number of nitrogens with two attached hydrogens (primary N) is 1.